The number of aliphatic hydroxyl groups is 1. The Morgan fingerprint density at radius 3 is 2.76 bits per heavy atom. The third-order valence-corrected chi connectivity index (χ3v) is 5.88. The summed E-state index contributed by atoms with van der Waals surface area (Å²) in [6.45, 7) is 4.79. The van der Waals surface area contributed by atoms with Gasteiger partial charge in [0.2, 0.25) is 5.91 Å². The lowest BCUT2D eigenvalue weighted by Crippen LogP contribution is -2.54. The summed E-state index contributed by atoms with van der Waals surface area (Å²) in [4.78, 5) is 27.7. The van der Waals surface area contributed by atoms with Crippen molar-refractivity contribution in [2.45, 2.75) is 69.6 Å². The number of amides is 2. The maximum Gasteiger partial charge on any atom is 0.409 e. The molecule has 2 atom stereocenters. The van der Waals surface area contributed by atoms with Crippen molar-refractivity contribution >= 4 is 12.0 Å². The monoisotopic (exact) mass is 353 g/mol. The number of fused-ring (bicyclic) bond motifs is 1. The number of hydrogen-bond donors (Lipinski definition) is 2. The Balaban J connectivity index is 1.55. The fourth-order valence-corrected chi connectivity index (χ4v) is 4.44. The van der Waals surface area contributed by atoms with Crippen LogP contribution < -0.4 is 5.32 Å². The van der Waals surface area contributed by atoms with Crippen LogP contribution in [0.2, 0.25) is 0 Å². The van der Waals surface area contributed by atoms with Crippen molar-refractivity contribution in [3.05, 3.63) is 0 Å². The van der Waals surface area contributed by atoms with Crippen LogP contribution in [0.3, 0.4) is 0 Å². The van der Waals surface area contributed by atoms with E-state index in [4.69, 9.17) is 4.74 Å². The van der Waals surface area contributed by atoms with E-state index in [1.165, 1.54) is 0 Å². The number of rotatable bonds is 3. The van der Waals surface area contributed by atoms with Crippen molar-refractivity contribution < 1.29 is 19.4 Å². The van der Waals surface area contributed by atoms with Crippen LogP contribution in [-0.2, 0) is 9.53 Å². The van der Waals surface area contributed by atoms with Gasteiger partial charge in [0.25, 0.3) is 0 Å². The van der Waals surface area contributed by atoms with Gasteiger partial charge in [0.15, 0.2) is 0 Å². The summed E-state index contributed by atoms with van der Waals surface area (Å²) in [5.41, 5.74) is -0.760. The molecule has 7 heteroatoms. The van der Waals surface area contributed by atoms with Gasteiger partial charge in [0, 0.05) is 44.7 Å². The maximum absolute atomic E-state index is 11.9. The highest BCUT2D eigenvalue weighted by atomic mass is 16.6. The molecule has 2 amide bonds. The minimum absolute atomic E-state index is 0.165. The average molecular weight is 353 g/mol. The van der Waals surface area contributed by atoms with Crippen molar-refractivity contribution in [3.63, 3.8) is 0 Å². The molecule has 3 fully saturated rings. The van der Waals surface area contributed by atoms with Gasteiger partial charge < -0.3 is 20.1 Å². The van der Waals surface area contributed by atoms with Gasteiger partial charge in [-0.25, -0.2) is 4.79 Å². The second-order valence-corrected chi connectivity index (χ2v) is 7.66. The molecular formula is C18H31N3O4. The summed E-state index contributed by atoms with van der Waals surface area (Å²) >= 11 is 0. The van der Waals surface area contributed by atoms with Gasteiger partial charge in [0.1, 0.15) is 0 Å². The van der Waals surface area contributed by atoms with E-state index in [-0.39, 0.29) is 18.0 Å². The van der Waals surface area contributed by atoms with Gasteiger partial charge in [-0.15, -0.1) is 0 Å². The minimum atomic E-state index is -0.760. The zero-order valence-corrected chi connectivity index (χ0v) is 15.2. The summed E-state index contributed by atoms with van der Waals surface area (Å²) in [5.74, 6) is 0.165. The quantitative estimate of drug-likeness (QED) is 0.794. The Morgan fingerprint density at radius 2 is 2.04 bits per heavy atom. The van der Waals surface area contributed by atoms with Crippen molar-refractivity contribution in [3.8, 4) is 0 Å². The van der Waals surface area contributed by atoms with Crippen LogP contribution in [0.5, 0.6) is 0 Å². The SMILES string of the molecule is CCOC(=O)N1CCC(O)(CN2CC[C@@H]3NC(=O)CCCC[C@H]32)CC1. The first kappa shape index (κ1) is 18.5. The maximum atomic E-state index is 11.9. The zero-order chi connectivity index (χ0) is 17.9. The second kappa shape index (κ2) is 7.91. The molecule has 3 heterocycles. The molecule has 0 bridgehead atoms. The molecule has 0 radical (unpaired) electrons. The molecule has 0 unspecified atom stereocenters. The molecule has 0 aromatic rings. The van der Waals surface area contributed by atoms with Gasteiger partial charge in [-0.05, 0) is 39.0 Å². The van der Waals surface area contributed by atoms with E-state index in [0.717, 1.165) is 32.2 Å². The molecule has 0 aromatic carbocycles. The summed E-state index contributed by atoms with van der Waals surface area (Å²) in [7, 11) is 0. The Bertz CT molecular complexity index is 491. The van der Waals surface area contributed by atoms with E-state index >= 15 is 0 Å². The molecule has 3 saturated heterocycles. The number of carbonyl (C=O) groups is 2. The van der Waals surface area contributed by atoms with Crippen LogP contribution in [0.25, 0.3) is 0 Å². The van der Waals surface area contributed by atoms with Crippen LogP contribution in [0.15, 0.2) is 0 Å². The third-order valence-electron chi connectivity index (χ3n) is 5.88. The minimum Gasteiger partial charge on any atom is -0.450 e. The van der Waals surface area contributed by atoms with E-state index in [1.54, 1.807) is 11.8 Å². The number of ether oxygens (including phenoxy) is 1. The van der Waals surface area contributed by atoms with Crippen molar-refractivity contribution in [2.24, 2.45) is 0 Å². The smallest absolute Gasteiger partial charge is 0.409 e. The average Bonchev–Trinajstić information content (AvgIpc) is 2.90. The normalized spacial score (nSPS) is 30.2. The number of carbonyl (C=O) groups excluding carboxylic acids is 2. The lowest BCUT2D eigenvalue weighted by molar-refractivity contribution is -0.122. The number of β-amino-alcohol motifs (C(OH)–C–C–N with tert-alkyl or cyclic N) is 1. The standard InChI is InChI=1S/C18H31N3O4/c1-2-25-17(23)20-11-8-18(24,9-12-20)13-21-10-7-14-15(21)5-3-4-6-16(22)19-14/h14-15,24H,2-13H2,1H3,(H,19,22)/t14-,15+/m0/s1. The Morgan fingerprint density at radius 1 is 1.28 bits per heavy atom. The summed E-state index contributed by atoms with van der Waals surface area (Å²) in [6.07, 6.45) is 5.56. The first-order valence-corrected chi connectivity index (χ1v) is 9.68. The Labute approximate surface area is 149 Å². The molecule has 7 nitrogen and oxygen atoms in total. The topological polar surface area (TPSA) is 82.1 Å². The molecule has 142 valence electrons. The predicted molar refractivity (Wildman–Crippen MR) is 93.2 cm³/mol. The molecule has 25 heavy (non-hydrogen) atoms. The van der Waals surface area contributed by atoms with E-state index in [1.807, 2.05) is 0 Å². The van der Waals surface area contributed by atoms with E-state index in [2.05, 4.69) is 10.2 Å². The van der Waals surface area contributed by atoms with Crippen LogP contribution >= 0.6 is 0 Å². The van der Waals surface area contributed by atoms with Crippen molar-refractivity contribution in [1.29, 1.82) is 0 Å². The first-order chi connectivity index (χ1) is 12.0. The van der Waals surface area contributed by atoms with Crippen LogP contribution in [0, 0.1) is 0 Å². The number of nitrogens with one attached hydrogen (secondary N) is 1. The van der Waals surface area contributed by atoms with Crippen LogP contribution in [-0.4, -0.2) is 77.4 Å². The lowest BCUT2D eigenvalue weighted by Gasteiger charge is -2.41. The van der Waals surface area contributed by atoms with Gasteiger partial charge in [-0.3, -0.25) is 9.69 Å². The predicted octanol–water partition coefficient (Wildman–Crippen LogP) is 1.10. The summed E-state index contributed by atoms with van der Waals surface area (Å²) in [6, 6.07) is 0.549. The lowest BCUT2D eigenvalue weighted by atomic mass is 9.90. The summed E-state index contributed by atoms with van der Waals surface area (Å²) < 4.78 is 5.04. The highest BCUT2D eigenvalue weighted by Gasteiger charge is 2.42. The summed E-state index contributed by atoms with van der Waals surface area (Å²) in [5, 5.41) is 14.2. The largest absolute Gasteiger partial charge is 0.450 e. The third kappa shape index (κ3) is 4.44. The molecule has 0 saturated carbocycles. The Kier molecular flexibility index (Phi) is 5.84. The molecule has 0 aliphatic carbocycles. The molecule has 3 aliphatic rings. The second-order valence-electron chi connectivity index (χ2n) is 7.66. The van der Waals surface area contributed by atoms with Crippen molar-refractivity contribution in [2.75, 3.05) is 32.8 Å². The highest BCUT2D eigenvalue weighted by molar-refractivity contribution is 5.76. The molecule has 2 N–H and O–H groups in total. The number of likely N-dealkylation sites (tertiary alicyclic amines) is 2. The number of nitrogens with zero attached hydrogens (tertiary/aromatic N) is 2. The van der Waals surface area contributed by atoms with Gasteiger partial charge in [-0.2, -0.15) is 0 Å². The van der Waals surface area contributed by atoms with E-state index in [0.29, 0.717) is 51.5 Å². The highest BCUT2D eigenvalue weighted by Crippen LogP contribution is 2.30. The molecular weight excluding hydrogens is 322 g/mol. The number of hydrogen-bond acceptors (Lipinski definition) is 5. The van der Waals surface area contributed by atoms with E-state index in [9.17, 15) is 14.7 Å². The fourth-order valence-electron chi connectivity index (χ4n) is 4.44. The van der Waals surface area contributed by atoms with Gasteiger partial charge in [-0.1, -0.05) is 6.42 Å². The van der Waals surface area contributed by atoms with Crippen LogP contribution in [0.4, 0.5) is 4.79 Å². The molecule has 3 aliphatic heterocycles. The van der Waals surface area contributed by atoms with Crippen molar-refractivity contribution in [1.82, 2.24) is 15.1 Å². The van der Waals surface area contributed by atoms with Crippen LogP contribution in [0.1, 0.15) is 51.9 Å². The molecule has 0 aromatic heterocycles. The molecule has 0 spiro atoms. The zero-order valence-electron chi connectivity index (χ0n) is 15.2. The number of piperidine rings is 1. The Hall–Kier alpha value is -1.34. The first-order valence-electron chi connectivity index (χ1n) is 9.68. The van der Waals surface area contributed by atoms with Gasteiger partial charge >= 0.3 is 6.09 Å². The fraction of sp³-hybridized carbons (Fsp3) is 0.889. The molecule has 3 rings (SSSR count). The van der Waals surface area contributed by atoms with E-state index < -0.39 is 5.60 Å². The van der Waals surface area contributed by atoms with Gasteiger partial charge in [0.05, 0.1) is 12.2 Å².